The average Bonchev–Trinajstić information content (AvgIpc) is 2.35. The van der Waals surface area contributed by atoms with Crippen molar-refractivity contribution >= 4 is 17.6 Å². The smallest absolute Gasteiger partial charge is 0.329 e. The summed E-state index contributed by atoms with van der Waals surface area (Å²) in [6.45, 7) is 3.30. The van der Waals surface area contributed by atoms with Gasteiger partial charge in [-0.15, -0.1) is 0 Å². The van der Waals surface area contributed by atoms with Crippen molar-refractivity contribution in [2.75, 3.05) is 5.73 Å². The molecule has 1 aromatic rings. The first-order chi connectivity index (χ1) is 8.86. The molecule has 1 amide bonds. The van der Waals surface area contributed by atoms with Crippen molar-refractivity contribution in [1.29, 1.82) is 0 Å². The summed E-state index contributed by atoms with van der Waals surface area (Å²) >= 11 is 0. The number of aliphatic carboxylic acids is 1. The Kier molecular flexibility index (Phi) is 4.47. The molecular formula is C13H17FN2O3. The Hall–Kier alpha value is -2.11. The molecule has 104 valence electrons. The van der Waals surface area contributed by atoms with Gasteiger partial charge in [-0.05, 0) is 31.0 Å². The summed E-state index contributed by atoms with van der Waals surface area (Å²) in [4.78, 5) is 23.2. The number of halogens is 1. The first kappa shape index (κ1) is 14.9. The van der Waals surface area contributed by atoms with E-state index in [1.807, 2.05) is 0 Å². The van der Waals surface area contributed by atoms with Gasteiger partial charge in [-0.25, -0.2) is 9.18 Å². The third-order valence-corrected chi connectivity index (χ3v) is 3.21. The highest BCUT2D eigenvalue weighted by Gasteiger charge is 2.37. The molecule has 0 aromatic heterocycles. The molecule has 19 heavy (non-hydrogen) atoms. The van der Waals surface area contributed by atoms with Gasteiger partial charge >= 0.3 is 5.97 Å². The summed E-state index contributed by atoms with van der Waals surface area (Å²) in [5.74, 6) is -2.67. The molecule has 0 unspecified atom stereocenters. The van der Waals surface area contributed by atoms with Crippen molar-refractivity contribution in [1.82, 2.24) is 5.32 Å². The molecule has 1 aromatic carbocycles. The van der Waals surface area contributed by atoms with Crippen molar-refractivity contribution in [2.45, 2.75) is 32.2 Å². The SMILES string of the molecule is CCC(CC)(NC(=O)c1ccc(N)cc1F)C(=O)O. The van der Waals surface area contributed by atoms with E-state index in [1.54, 1.807) is 13.8 Å². The van der Waals surface area contributed by atoms with Crippen molar-refractivity contribution in [3.8, 4) is 0 Å². The Balaban J connectivity index is 3.04. The molecule has 0 saturated carbocycles. The number of carboxylic acid groups (broad SMARTS) is 1. The molecule has 0 heterocycles. The van der Waals surface area contributed by atoms with Crippen molar-refractivity contribution in [3.63, 3.8) is 0 Å². The lowest BCUT2D eigenvalue weighted by atomic mass is 9.92. The van der Waals surface area contributed by atoms with Crippen molar-refractivity contribution in [2.24, 2.45) is 0 Å². The summed E-state index contributed by atoms with van der Waals surface area (Å²) in [6, 6.07) is 3.64. The van der Waals surface area contributed by atoms with Gasteiger partial charge in [0.1, 0.15) is 11.4 Å². The minimum Gasteiger partial charge on any atom is -0.480 e. The molecule has 1 rings (SSSR count). The normalized spacial score (nSPS) is 11.1. The van der Waals surface area contributed by atoms with Gasteiger partial charge in [-0.1, -0.05) is 13.8 Å². The Labute approximate surface area is 110 Å². The number of rotatable bonds is 5. The van der Waals surface area contributed by atoms with Crippen LogP contribution in [0.1, 0.15) is 37.0 Å². The molecule has 0 radical (unpaired) electrons. The molecule has 0 fully saturated rings. The number of nitrogen functional groups attached to an aromatic ring is 1. The molecule has 0 aliphatic rings. The number of benzene rings is 1. The van der Waals surface area contributed by atoms with Gasteiger partial charge < -0.3 is 16.2 Å². The van der Waals surface area contributed by atoms with Crippen LogP contribution < -0.4 is 11.1 Å². The van der Waals surface area contributed by atoms with E-state index < -0.39 is 23.2 Å². The fourth-order valence-corrected chi connectivity index (χ4v) is 1.78. The van der Waals surface area contributed by atoms with Crippen LogP contribution in [0, 0.1) is 5.82 Å². The molecule has 4 N–H and O–H groups in total. The molecule has 0 spiro atoms. The maximum Gasteiger partial charge on any atom is 0.329 e. The largest absolute Gasteiger partial charge is 0.480 e. The molecule has 0 atom stereocenters. The minimum absolute atomic E-state index is 0.199. The summed E-state index contributed by atoms with van der Waals surface area (Å²) in [6.07, 6.45) is 0.419. The first-order valence-corrected chi connectivity index (χ1v) is 5.97. The van der Waals surface area contributed by atoms with Crippen LogP contribution in [0.4, 0.5) is 10.1 Å². The Morgan fingerprint density at radius 2 is 1.95 bits per heavy atom. The molecule has 0 aliphatic heterocycles. The summed E-state index contributed by atoms with van der Waals surface area (Å²) in [7, 11) is 0. The van der Waals surface area contributed by atoms with Crippen LogP contribution in [0.2, 0.25) is 0 Å². The predicted molar refractivity (Wildman–Crippen MR) is 69.2 cm³/mol. The van der Waals surface area contributed by atoms with Gasteiger partial charge in [-0.2, -0.15) is 0 Å². The highest BCUT2D eigenvalue weighted by Crippen LogP contribution is 2.18. The monoisotopic (exact) mass is 268 g/mol. The number of carbonyl (C=O) groups excluding carboxylic acids is 1. The molecule has 0 bridgehead atoms. The summed E-state index contributed by atoms with van der Waals surface area (Å²) in [5.41, 5.74) is 3.98. The molecule has 0 aliphatic carbocycles. The lowest BCUT2D eigenvalue weighted by molar-refractivity contribution is -0.144. The lowest BCUT2D eigenvalue weighted by Gasteiger charge is -2.28. The number of amides is 1. The van der Waals surface area contributed by atoms with E-state index in [9.17, 15) is 19.1 Å². The number of nitrogens with two attached hydrogens (primary N) is 1. The topological polar surface area (TPSA) is 92.4 Å². The van der Waals surface area contributed by atoms with E-state index in [0.29, 0.717) is 0 Å². The third-order valence-electron chi connectivity index (χ3n) is 3.21. The number of carbonyl (C=O) groups is 2. The van der Waals surface area contributed by atoms with Gasteiger partial charge in [0, 0.05) is 5.69 Å². The Morgan fingerprint density at radius 3 is 2.37 bits per heavy atom. The van der Waals surface area contributed by atoms with Gasteiger partial charge in [0.2, 0.25) is 0 Å². The zero-order chi connectivity index (χ0) is 14.6. The molecule has 5 nitrogen and oxygen atoms in total. The zero-order valence-electron chi connectivity index (χ0n) is 10.9. The van der Waals surface area contributed by atoms with Gasteiger partial charge in [-0.3, -0.25) is 4.79 Å². The van der Waals surface area contributed by atoms with Crippen LogP contribution in [0.25, 0.3) is 0 Å². The number of nitrogens with one attached hydrogen (secondary N) is 1. The van der Waals surface area contributed by atoms with Crippen LogP contribution >= 0.6 is 0 Å². The zero-order valence-corrected chi connectivity index (χ0v) is 10.9. The fraction of sp³-hybridized carbons (Fsp3) is 0.385. The second-order valence-electron chi connectivity index (χ2n) is 4.29. The van der Waals surface area contributed by atoms with Gasteiger partial charge in [0.15, 0.2) is 0 Å². The average molecular weight is 268 g/mol. The van der Waals surface area contributed by atoms with E-state index in [0.717, 1.165) is 6.07 Å². The number of hydrogen-bond acceptors (Lipinski definition) is 3. The number of hydrogen-bond donors (Lipinski definition) is 3. The van der Waals surface area contributed by atoms with Crippen LogP contribution in [0.15, 0.2) is 18.2 Å². The second kappa shape index (κ2) is 5.69. The second-order valence-corrected chi connectivity index (χ2v) is 4.29. The fourth-order valence-electron chi connectivity index (χ4n) is 1.78. The van der Waals surface area contributed by atoms with E-state index in [-0.39, 0.29) is 24.1 Å². The maximum atomic E-state index is 13.6. The van der Waals surface area contributed by atoms with Crippen LogP contribution in [0.5, 0.6) is 0 Å². The van der Waals surface area contributed by atoms with Gasteiger partial charge in [0.05, 0.1) is 5.56 Å². The van der Waals surface area contributed by atoms with Crippen LogP contribution in [-0.2, 0) is 4.79 Å². The standard InChI is InChI=1S/C13H17FN2O3/c1-3-13(4-2,12(18)19)16-11(17)9-6-5-8(15)7-10(9)14/h5-7H,3-4,15H2,1-2H3,(H,16,17)(H,18,19). The highest BCUT2D eigenvalue weighted by atomic mass is 19.1. The third kappa shape index (κ3) is 3.01. The minimum atomic E-state index is -1.38. The summed E-state index contributed by atoms with van der Waals surface area (Å²) in [5, 5.41) is 11.6. The van der Waals surface area contributed by atoms with Crippen molar-refractivity contribution in [3.05, 3.63) is 29.6 Å². The highest BCUT2D eigenvalue weighted by molar-refractivity contribution is 5.98. The quantitative estimate of drug-likeness (QED) is 0.710. The Bertz CT molecular complexity index is 499. The first-order valence-electron chi connectivity index (χ1n) is 5.97. The van der Waals surface area contributed by atoms with E-state index in [2.05, 4.69) is 5.32 Å². The van der Waals surface area contributed by atoms with E-state index in [1.165, 1.54) is 12.1 Å². The lowest BCUT2D eigenvalue weighted by Crippen LogP contribution is -2.53. The molecule has 6 heteroatoms. The Morgan fingerprint density at radius 1 is 1.37 bits per heavy atom. The van der Waals surface area contributed by atoms with E-state index in [4.69, 9.17) is 5.73 Å². The van der Waals surface area contributed by atoms with Gasteiger partial charge in [0.25, 0.3) is 5.91 Å². The number of anilines is 1. The van der Waals surface area contributed by atoms with Crippen molar-refractivity contribution < 1.29 is 19.1 Å². The van der Waals surface area contributed by atoms with Crippen LogP contribution in [-0.4, -0.2) is 22.5 Å². The maximum absolute atomic E-state index is 13.6. The predicted octanol–water partition coefficient (Wildman–Crippen LogP) is 1.78. The van der Waals surface area contributed by atoms with E-state index >= 15 is 0 Å². The molecule has 0 saturated heterocycles. The number of carboxylic acids is 1. The molecular weight excluding hydrogens is 251 g/mol. The summed E-state index contributed by atoms with van der Waals surface area (Å²) < 4.78 is 13.6. The van der Waals surface area contributed by atoms with Crippen LogP contribution in [0.3, 0.4) is 0 Å².